The van der Waals surface area contributed by atoms with E-state index in [0.29, 0.717) is 11.2 Å². The number of fused-ring (bicyclic) bond motifs is 1. The van der Waals surface area contributed by atoms with Gasteiger partial charge in [-0.05, 0) is 12.1 Å². The van der Waals surface area contributed by atoms with Gasteiger partial charge in [0.15, 0.2) is 5.65 Å². The Labute approximate surface area is 95.3 Å². The van der Waals surface area contributed by atoms with Gasteiger partial charge < -0.3 is 5.73 Å². The van der Waals surface area contributed by atoms with Crippen LogP contribution in [-0.2, 0) is 0 Å². The normalized spacial score (nSPS) is 10.8. The monoisotopic (exact) mass is 227 g/mol. The molecular formula is C10H7N6O. The molecule has 17 heavy (non-hydrogen) atoms. The topological polar surface area (TPSA) is 102 Å². The number of nitrogens with two attached hydrogens (primary N) is 1. The van der Waals surface area contributed by atoms with E-state index in [2.05, 4.69) is 26.6 Å². The van der Waals surface area contributed by atoms with Crippen molar-refractivity contribution in [2.24, 2.45) is 5.73 Å². The summed E-state index contributed by atoms with van der Waals surface area (Å²) >= 11 is 0. The van der Waals surface area contributed by atoms with E-state index >= 15 is 0 Å². The fourth-order valence-electron chi connectivity index (χ4n) is 1.66. The zero-order valence-corrected chi connectivity index (χ0v) is 8.58. The van der Waals surface area contributed by atoms with Gasteiger partial charge in [-0.1, -0.05) is 0 Å². The minimum atomic E-state index is -0.546. The predicted octanol–water partition coefficient (Wildman–Crippen LogP) is 0.0185. The van der Waals surface area contributed by atoms with Crippen molar-refractivity contribution < 1.29 is 4.79 Å². The molecule has 0 fully saturated rings. The van der Waals surface area contributed by atoms with E-state index in [0.717, 1.165) is 11.3 Å². The molecule has 0 saturated carbocycles. The SMILES string of the molecule is NC(=O)c1ccc(-c2cn[nH]c2)n2n[c]nc12. The van der Waals surface area contributed by atoms with Gasteiger partial charge in [0.25, 0.3) is 5.91 Å². The predicted molar refractivity (Wildman–Crippen MR) is 57.9 cm³/mol. The highest BCUT2D eigenvalue weighted by atomic mass is 16.1. The Balaban J connectivity index is 2.33. The number of aromatic nitrogens is 5. The zero-order valence-electron chi connectivity index (χ0n) is 8.58. The molecule has 0 aromatic carbocycles. The molecule has 0 aliphatic heterocycles. The van der Waals surface area contributed by atoms with Gasteiger partial charge in [-0.3, -0.25) is 9.89 Å². The number of pyridine rings is 1. The molecule has 7 nitrogen and oxygen atoms in total. The first-order valence-electron chi connectivity index (χ1n) is 4.82. The summed E-state index contributed by atoms with van der Waals surface area (Å²) in [6, 6.07) is 3.35. The summed E-state index contributed by atoms with van der Waals surface area (Å²) in [5, 5.41) is 10.5. The Morgan fingerprint density at radius 2 is 2.35 bits per heavy atom. The van der Waals surface area contributed by atoms with Gasteiger partial charge in [-0.25, -0.2) is 9.50 Å². The third-order valence-corrected chi connectivity index (χ3v) is 2.44. The number of carbonyl (C=O) groups excluding carboxylic acids is 1. The minimum Gasteiger partial charge on any atom is -0.365 e. The van der Waals surface area contributed by atoms with E-state index in [1.54, 1.807) is 24.5 Å². The maximum atomic E-state index is 11.2. The number of aromatic amines is 1. The number of hydrogen-bond acceptors (Lipinski definition) is 4. The Hall–Kier alpha value is -2.70. The van der Waals surface area contributed by atoms with Crippen LogP contribution in [0.4, 0.5) is 0 Å². The lowest BCUT2D eigenvalue weighted by Gasteiger charge is -2.03. The summed E-state index contributed by atoms with van der Waals surface area (Å²) < 4.78 is 1.50. The lowest BCUT2D eigenvalue weighted by molar-refractivity contribution is 0.100. The first kappa shape index (κ1) is 9.52. The van der Waals surface area contributed by atoms with E-state index in [1.165, 1.54) is 4.52 Å². The highest BCUT2D eigenvalue weighted by Gasteiger charge is 2.13. The molecule has 0 aliphatic carbocycles. The lowest BCUT2D eigenvalue weighted by atomic mass is 10.2. The number of amides is 1. The number of rotatable bonds is 2. The molecule has 3 rings (SSSR count). The second-order valence-electron chi connectivity index (χ2n) is 3.43. The number of H-pyrrole nitrogens is 1. The van der Waals surface area contributed by atoms with Crippen molar-refractivity contribution in [3.8, 4) is 11.3 Å². The molecule has 0 spiro atoms. The molecule has 1 radical (unpaired) electrons. The van der Waals surface area contributed by atoms with Crippen LogP contribution in [0.1, 0.15) is 10.4 Å². The fraction of sp³-hybridized carbons (Fsp3) is 0. The van der Waals surface area contributed by atoms with Crippen LogP contribution in [0, 0.1) is 6.33 Å². The van der Waals surface area contributed by atoms with Crippen LogP contribution in [-0.4, -0.2) is 30.7 Å². The van der Waals surface area contributed by atoms with Gasteiger partial charge >= 0.3 is 0 Å². The Morgan fingerprint density at radius 1 is 1.47 bits per heavy atom. The van der Waals surface area contributed by atoms with E-state index in [1.807, 2.05) is 0 Å². The summed E-state index contributed by atoms with van der Waals surface area (Å²) in [5.74, 6) is -0.546. The summed E-state index contributed by atoms with van der Waals surface area (Å²) in [6.07, 6.45) is 5.84. The maximum Gasteiger partial charge on any atom is 0.252 e. The van der Waals surface area contributed by atoms with Gasteiger partial charge in [-0.15, -0.1) is 5.10 Å². The smallest absolute Gasteiger partial charge is 0.252 e. The Kier molecular flexibility index (Phi) is 1.91. The lowest BCUT2D eigenvalue weighted by Crippen LogP contribution is -2.13. The molecule has 3 aromatic heterocycles. The molecule has 3 N–H and O–H groups in total. The van der Waals surface area contributed by atoms with E-state index in [9.17, 15) is 4.79 Å². The zero-order chi connectivity index (χ0) is 11.8. The van der Waals surface area contributed by atoms with Crippen LogP contribution < -0.4 is 5.73 Å². The molecule has 83 valence electrons. The van der Waals surface area contributed by atoms with E-state index < -0.39 is 5.91 Å². The Morgan fingerprint density at radius 3 is 3.06 bits per heavy atom. The van der Waals surface area contributed by atoms with Gasteiger partial charge in [0.05, 0.1) is 17.5 Å². The molecule has 0 saturated heterocycles. The van der Waals surface area contributed by atoms with Gasteiger partial charge in [0.2, 0.25) is 6.33 Å². The van der Waals surface area contributed by atoms with E-state index in [-0.39, 0.29) is 0 Å². The number of nitrogens with one attached hydrogen (secondary N) is 1. The van der Waals surface area contributed by atoms with Crippen molar-refractivity contribution in [2.45, 2.75) is 0 Å². The molecule has 0 aliphatic rings. The largest absolute Gasteiger partial charge is 0.365 e. The van der Waals surface area contributed by atoms with Crippen LogP contribution >= 0.6 is 0 Å². The van der Waals surface area contributed by atoms with Crippen molar-refractivity contribution >= 4 is 11.6 Å². The van der Waals surface area contributed by atoms with Crippen molar-refractivity contribution in [1.82, 2.24) is 24.8 Å². The fourth-order valence-corrected chi connectivity index (χ4v) is 1.66. The molecule has 0 unspecified atom stereocenters. The van der Waals surface area contributed by atoms with Gasteiger partial charge in [0, 0.05) is 11.8 Å². The molecule has 3 aromatic rings. The molecule has 3 heterocycles. The summed E-state index contributed by atoms with van der Waals surface area (Å²) in [4.78, 5) is 15.1. The first-order valence-corrected chi connectivity index (χ1v) is 4.82. The Bertz CT molecular complexity index is 684. The van der Waals surface area contributed by atoms with E-state index in [4.69, 9.17) is 5.73 Å². The van der Waals surface area contributed by atoms with Crippen LogP contribution in [0.3, 0.4) is 0 Å². The highest BCUT2D eigenvalue weighted by molar-refractivity contribution is 5.99. The average molecular weight is 227 g/mol. The van der Waals surface area contributed by atoms with Crippen molar-refractivity contribution in [3.63, 3.8) is 0 Å². The minimum absolute atomic E-state index is 0.311. The second-order valence-corrected chi connectivity index (χ2v) is 3.43. The number of primary amides is 1. The van der Waals surface area contributed by atoms with Crippen LogP contribution in [0.15, 0.2) is 24.5 Å². The average Bonchev–Trinajstić information content (AvgIpc) is 2.98. The van der Waals surface area contributed by atoms with Gasteiger partial charge in [0.1, 0.15) is 0 Å². The van der Waals surface area contributed by atoms with Crippen LogP contribution in [0.2, 0.25) is 0 Å². The molecule has 0 bridgehead atoms. The molecule has 0 atom stereocenters. The van der Waals surface area contributed by atoms with Crippen molar-refractivity contribution in [2.75, 3.05) is 0 Å². The number of hydrogen-bond donors (Lipinski definition) is 2. The standard InChI is InChI=1S/C10H7N6O/c11-9(17)7-1-2-8(6-3-13-14-4-6)16-10(7)12-5-15-16/h1-4H,(H2,11,17)(H,13,14). The maximum absolute atomic E-state index is 11.2. The van der Waals surface area contributed by atoms with Crippen molar-refractivity contribution in [3.05, 3.63) is 36.4 Å². The third-order valence-electron chi connectivity index (χ3n) is 2.44. The molecule has 7 heteroatoms. The summed E-state index contributed by atoms with van der Waals surface area (Å²) in [5.41, 5.74) is 7.55. The third kappa shape index (κ3) is 1.36. The number of carbonyl (C=O) groups is 1. The van der Waals surface area contributed by atoms with Gasteiger partial charge in [-0.2, -0.15) is 5.10 Å². The van der Waals surface area contributed by atoms with Crippen LogP contribution in [0.25, 0.3) is 16.9 Å². The molecule has 1 amide bonds. The first-order chi connectivity index (χ1) is 8.27. The quantitative estimate of drug-likeness (QED) is 0.644. The van der Waals surface area contributed by atoms with Crippen LogP contribution in [0.5, 0.6) is 0 Å². The summed E-state index contributed by atoms with van der Waals surface area (Å²) in [6.45, 7) is 0. The second kappa shape index (κ2) is 3.41. The highest BCUT2D eigenvalue weighted by Crippen LogP contribution is 2.20. The molecular weight excluding hydrogens is 220 g/mol. The number of nitrogens with zero attached hydrogens (tertiary/aromatic N) is 4. The summed E-state index contributed by atoms with van der Waals surface area (Å²) in [7, 11) is 0. The van der Waals surface area contributed by atoms with Crippen molar-refractivity contribution in [1.29, 1.82) is 0 Å².